The molecule has 0 aliphatic rings. The number of pyridine rings is 1. The van der Waals surface area contributed by atoms with Crippen LogP contribution >= 0.6 is 0 Å². The fraction of sp³-hybridized carbons (Fsp3) is 0.133. The number of alkyl halides is 3. The molecule has 0 saturated carbocycles. The minimum Gasteiger partial charge on any atom is -0.383 e. The van der Waals surface area contributed by atoms with Crippen LogP contribution in [0.3, 0.4) is 0 Å². The van der Waals surface area contributed by atoms with Crippen LogP contribution in [0.1, 0.15) is 11.3 Å². The van der Waals surface area contributed by atoms with Gasteiger partial charge < -0.3 is 5.73 Å². The summed E-state index contributed by atoms with van der Waals surface area (Å²) in [7, 11) is 0. The average Bonchev–Trinajstić information content (AvgIpc) is 2.77. The highest BCUT2D eigenvalue weighted by Gasteiger charge is 2.30. The van der Waals surface area contributed by atoms with Crippen LogP contribution in [0.4, 0.5) is 19.0 Å². The molecule has 0 aliphatic heterocycles. The number of nitrogens with two attached hydrogens (primary N) is 1. The number of imidazole rings is 1. The van der Waals surface area contributed by atoms with Crippen molar-refractivity contribution in [1.29, 1.82) is 0 Å². The lowest BCUT2D eigenvalue weighted by Gasteiger charge is -2.08. The van der Waals surface area contributed by atoms with Crippen LogP contribution < -0.4 is 5.73 Å². The predicted molar refractivity (Wildman–Crippen MR) is 74.8 cm³/mol. The molecular formula is C15H12F3N3. The number of hydrogen-bond acceptors (Lipinski definition) is 2. The Morgan fingerprint density at radius 3 is 2.48 bits per heavy atom. The van der Waals surface area contributed by atoms with Gasteiger partial charge in [0.15, 0.2) is 0 Å². The van der Waals surface area contributed by atoms with Crippen LogP contribution in [0.25, 0.3) is 16.9 Å². The van der Waals surface area contributed by atoms with Crippen molar-refractivity contribution in [2.75, 3.05) is 5.73 Å². The lowest BCUT2D eigenvalue weighted by atomic mass is 10.1. The van der Waals surface area contributed by atoms with E-state index in [0.29, 0.717) is 22.7 Å². The Kier molecular flexibility index (Phi) is 2.90. The van der Waals surface area contributed by atoms with Gasteiger partial charge in [-0.1, -0.05) is 18.2 Å². The zero-order valence-electron chi connectivity index (χ0n) is 11.1. The number of nitrogen functional groups attached to an aromatic ring is 1. The molecule has 2 heterocycles. The molecule has 3 aromatic rings. The summed E-state index contributed by atoms with van der Waals surface area (Å²) >= 11 is 0. The maximum atomic E-state index is 12.8. The number of aromatic nitrogens is 2. The zero-order chi connectivity index (χ0) is 15.2. The second-order valence-electron chi connectivity index (χ2n) is 4.78. The molecule has 6 heteroatoms. The normalized spacial score (nSPS) is 12.0. The van der Waals surface area contributed by atoms with Gasteiger partial charge in [0.05, 0.1) is 5.56 Å². The topological polar surface area (TPSA) is 43.3 Å². The molecule has 3 nitrogen and oxygen atoms in total. The van der Waals surface area contributed by atoms with Gasteiger partial charge in [0.2, 0.25) is 0 Å². The summed E-state index contributed by atoms with van der Waals surface area (Å²) < 4.78 is 40.1. The van der Waals surface area contributed by atoms with Gasteiger partial charge in [0.1, 0.15) is 17.2 Å². The highest BCUT2D eigenvalue weighted by molar-refractivity contribution is 5.75. The van der Waals surface area contributed by atoms with E-state index in [9.17, 15) is 13.2 Å². The van der Waals surface area contributed by atoms with Crippen molar-refractivity contribution in [2.45, 2.75) is 13.1 Å². The third-order valence-corrected chi connectivity index (χ3v) is 3.34. The van der Waals surface area contributed by atoms with Gasteiger partial charge in [0, 0.05) is 11.3 Å². The number of aryl methyl sites for hydroxylation is 1. The number of benzene rings is 1. The van der Waals surface area contributed by atoms with E-state index in [1.54, 1.807) is 16.5 Å². The minimum atomic E-state index is -4.39. The molecule has 0 radical (unpaired) electrons. The molecule has 21 heavy (non-hydrogen) atoms. The fourth-order valence-electron chi connectivity index (χ4n) is 2.34. The first kappa shape index (κ1) is 13.5. The molecule has 2 aromatic heterocycles. The van der Waals surface area contributed by atoms with Gasteiger partial charge in [-0.15, -0.1) is 0 Å². The van der Waals surface area contributed by atoms with Gasteiger partial charge >= 0.3 is 6.18 Å². The van der Waals surface area contributed by atoms with Crippen LogP contribution in [-0.4, -0.2) is 9.38 Å². The van der Waals surface area contributed by atoms with E-state index in [2.05, 4.69) is 4.98 Å². The van der Waals surface area contributed by atoms with Gasteiger partial charge in [-0.2, -0.15) is 13.2 Å². The molecule has 0 amide bonds. The third kappa shape index (κ3) is 2.22. The molecule has 0 bridgehead atoms. The summed E-state index contributed by atoms with van der Waals surface area (Å²) in [5.41, 5.74) is 7.53. The quantitative estimate of drug-likeness (QED) is 0.738. The molecule has 2 N–H and O–H groups in total. The summed E-state index contributed by atoms with van der Waals surface area (Å²) in [5, 5.41) is 0. The first-order valence-electron chi connectivity index (χ1n) is 6.29. The number of anilines is 1. The maximum Gasteiger partial charge on any atom is 0.416 e. The number of fused-ring (bicyclic) bond motifs is 1. The SMILES string of the molecule is Cc1cccc2nc(-c3cccc(C(F)(F)F)c3)c(N)n12. The molecule has 0 atom stereocenters. The molecule has 0 fully saturated rings. The highest BCUT2D eigenvalue weighted by atomic mass is 19.4. The second kappa shape index (κ2) is 4.51. The molecule has 108 valence electrons. The summed E-state index contributed by atoms with van der Waals surface area (Å²) in [6.45, 7) is 1.86. The van der Waals surface area contributed by atoms with Crippen LogP contribution in [-0.2, 0) is 6.18 Å². The molecule has 0 saturated heterocycles. The molecule has 0 spiro atoms. The van der Waals surface area contributed by atoms with E-state index in [0.717, 1.165) is 17.8 Å². The van der Waals surface area contributed by atoms with Gasteiger partial charge in [-0.25, -0.2) is 4.98 Å². The summed E-state index contributed by atoms with van der Waals surface area (Å²) in [6, 6.07) is 10.5. The standard InChI is InChI=1S/C15H12F3N3/c1-9-4-2-7-12-20-13(14(19)21(9)12)10-5-3-6-11(8-10)15(16,17)18/h2-8H,19H2,1H3. The molecule has 0 aliphatic carbocycles. The van der Waals surface area contributed by atoms with E-state index in [4.69, 9.17) is 5.73 Å². The molecular weight excluding hydrogens is 279 g/mol. The third-order valence-electron chi connectivity index (χ3n) is 3.34. The largest absolute Gasteiger partial charge is 0.416 e. The van der Waals surface area contributed by atoms with Gasteiger partial charge in [0.25, 0.3) is 0 Å². The maximum absolute atomic E-state index is 12.8. The van der Waals surface area contributed by atoms with E-state index < -0.39 is 11.7 Å². The Morgan fingerprint density at radius 1 is 1.10 bits per heavy atom. The Labute approximate surface area is 118 Å². The second-order valence-corrected chi connectivity index (χ2v) is 4.78. The van der Waals surface area contributed by atoms with Gasteiger partial charge in [-0.05, 0) is 31.2 Å². The summed E-state index contributed by atoms with van der Waals surface area (Å²) in [4.78, 5) is 4.34. The first-order chi connectivity index (χ1) is 9.88. The Morgan fingerprint density at radius 2 is 1.81 bits per heavy atom. The van der Waals surface area contributed by atoms with Crippen LogP contribution in [0.2, 0.25) is 0 Å². The molecule has 0 unspecified atom stereocenters. The molecule has 3 rings (SSSR count). The van der Waals surface area contributed by atoms with E-state index in [-0.39, 0.29) is 0 Å². The monoisotopic (exact) mass is 291 g/mol. The lowest BCUT2D eigenvalue weighted by molar-refractivity contribution is -0.137. The summed E-state index contributed by atoms with van der Waals surface area (Å²) in [5.74, 6) is 0.336. The Bertz CT molecular complexity index is 819. The number of halogens is 3. The number of hydrogen-bond donors (Lipinski definition) is 1. The van der Waals surface area contributed by atoms with E-state index in [1.807, 2.05) is 19.1 Å². The number of nitrogens with zero attached hydrogens (tertiary/aromatic N) is 2. The first-order valence-corrected chi connectivity index (χ1v) is 6.29. The van der Waals surface area contributed by atoms with Crippen LogP contribution in [0.5, 0.6) is 0 Å². The predicted octanol–water partition coefficient (Wildman–Crippen LogP) is 3.91. The smallest absolute Gasteiger partial charge is 0.383 e. The van der Waals surface area contributed by atoms with Crippen molar-refractivity contribution in [1.82, 2.24) is 9.38 Å². The minimum absolute atomic E-state index is 0.336. The number of rotatable bonds is 1. The lowest BCUT2D eigenvalue weighted by Crippen LogP contribution is -2.04. The van der Waals surface area contributed by atoms with Crippen LogP contribution in [0.15, 0.2) is 42.5 Å². The Balaban J connectivity index is 2.22. The highest BCUT2D eigenvalue weighted by Crippen LogP contribution is 2.34. The van der Waals surface area contributed by atoms with E-state index in [1.165, 1.54) is 6.07 Å². The van der Waals surface area contributed by atoms with Crippen molar-refractivity contribution in [3.63, 3.8) is 0 Å². The van der Waals surface area contributed by atoms with Crippen molar-refractivity contribution >= 4 is 11.5 Å². The van der Waals surface area contributed by atoms with Crippen LogP contribution in [0, 0.1) is 6.92 Å². The van der Waals surface area contributed by atoms with Gasteiger partial charge in [-0.3, -0.25) is 4.40 Å². The summed E-state index contributed by atoms with van der Waals surface area (Å²) in [6.07, 6.45) is -4.39. The van der Waals surface area contributed by atoms with E-state index >= 15 is 0 Å². The zero-order valence-corrected chi connectivity index (χ0v) is 11.1. The van der Waals surface area contributed by atoms with Crippen molar-refractivity contribution in [2.24, 2.45) is 0 Å². The van der Waals surface area contributed by atoms with Crippen molar-refractivity contribution < 1.29 is 13.2 Å². The fourth-order valence-corrected chi connectivity index (χ4v) is 2.34. The van der Waals surface area contributed by atoms with Crippen molar-refractivity contribution in [3.05, 3.63) is 53.7 Å². The Hall–Kier alpha value is -2.50. The van der Waals surface area contributed by atoms with Crippen molar-refractivity contribution in [3.8, 4) is 11.3 Å². The average molecular weight is 291 g/mol. The molecule has 1 aromatic carbocycles.